The Balaban J connectivity index is 2.54. The van der Waals surface area contributed by atoms with Crippen molar-refractivity contribution in [2.75, 3.05) is 12.4 Å². The minimum atomic E-state index is -0.444. The number of nitrogens with zero attached hydrogens (tertiary/aromatic N) is 2. The third-order valence-electron chi connectivity index (χ3n) is 2.13. The van der Waals surface area contributed by atoms with Gasteiger partial charge in [0.15, 0.2) is 5.82 Å². The summed E-state index contributed by atoms with van der Waals surface area (Å²) in [5, 5.41) is 2.99. The molecule has 0 fully saturated rings. The van der Waals surface area contributed by atoms with Crippen molar-refractivity contribution in [1.29, 1.82) is 0 Å². The van der Waals surface area contributed by atoms with Crippen LogP contribution >= 0.6 is 11.6 Å². The first kappa shape index (κ1) is 10.8. The molecule has 0 aliphatic heterocycles. The Morgan fingerprint density at radius 1 is 1.25 bits per heavy atom. The fraction of sp³-hybridized carbons (Fsp3) is 0.0909. The third kappa shape index (κ3) is 1.97. The summed E-state index contributed by atoms with van der Waals surface area (Å²) in [6.45, 7) is 0. The van der Waals surface area contributed by atoms with E-state index in [4.69, 9.17) is 11.6 Å². The summed E-state index contributed by atoms with van der Waals surface area (Å²) in [7, 11) is 1.75. The average Bonchev–Trinajstić information content (AvgIpc) is 2.32. The van der Waals surface area contributed by atoms with Crippen molar-refractivity contribution < 1.29 is 4.39 Å². The van der Waals surface area contributed by atoms with E-state index in [2.05, 4.69) is 15.3 Å². The molecule has 0 radical (unpaired) electrons. The van der Waals surface area contributed by atoms with E-state index >= 15 is 0 Å². The van der Waals surface area contributed by atoms with E-state index in [1.165, 1.54) is 12.1 Å². The summed E-state index contributed by atoms with van der Waals surface area (Å²) >= 11 is 5.72. The van der Waals surface area contributed by atoms with E-state index in [1.807, 2.05) is 0 Å². The second-order valence-electron chi connectivity index (χ2n) is 3.13. The first-order valence-corrected chi connectivity index (χ1v) is 5.04. The minimum absolute atomic E-state index is 0.0743. The largest absolute Gasteiger partial charge is 0.371 e. The molecule has 1 aromatic carbocycles. The topological polar surface area (TPSA) is 37.8 Å². The Kier molecular flexibility index (Phi) is 3.01. The van der Waals surface area contributed by atoms with Gasteiger partial charge in [0.2, 0.25) is 0 Å². The van der Waals surface area contributed by atoms with Gasteiger partial charge in [0.1, 0.15) is 11.5 Å². The summed E-state index contributed by atoms with van der Waals surface area (Å²) in [6.07, 6.45) is 3.16. The molecule has 0 aliphatic rings. The van der Waals surface area contributed by atoms with Crippen molar-refractivity contribution in [3.63, 3.8) is 0 Å². The summed E-state index contributed by atoms with van der Waals surface area (Å²) in [5.74, 6) is 0.186. The fourth-order valence-corrected chi connectivity index (χ4v) is 1.56. The van der Waals surface area contributed by atoms with E-state index in [-0.39, 0.29) is 5.02 Å². The van der Waals surface area contributed by atoms with Crippen LogP contribution < -0.4 is 5.32 Å². The molecule has 82 valence electrons. The predicted molar refractivity (Wildman–Crippen MR) is 62.0 cm³/mol. The first-order chi connectivity index (χ1) is 7.72. The maximum atomic E-state index is 13.0. The highest BCUT2D eigenvalue weighted by molar-refractivity contribution is 6.31. The maximum Gasteiger partial charge on any atom is 0.152 e. The van der Waals surface area contributed by atoms with Gasteiger partial charge >= 0.3 is 0 Å². The molecule has 2 rings (SSSR count). The normalized spacial score (nSPS) is 10.2. The Morgan fingerprint density at radius 2 is 2.00 bits per heavy atom. The van der Waals surface area contributed by atoms with Crippen LogP contribution in [0.1, 0.15) is 0 Å². The zero-order chi connectivity index (χ0) is 11.5. The van der Waals surface area contributed by atoms with Gasteiger partial charge in [0.05, 0.1) is 5.02 Å². The summed E-state index contributed by atoms with van der Waals surface area (Å²) in [6, 6.07) is 4.46. The second-order valence-corrected chi connectivity index (χ2v) is 3.54. The second kappa shape index (κ2) is 4.45. The van der Waals surface area contributed by atoms with Crippen LogP contribution in [0.3, 0.4) is 0 Å². The highest BCUT2D eigenvalue weighted by Gasteiger charge is 2.08. The molecule has 1 heterocycles. The molecule has 16 heavy (non-hydrogen) atoms. The Hall–Kier alpha value is -1.68. The van der Waals surface area contributed by atoms with E-state index in [0.717, 1.165) is 5.56 Å². The molecule has 0 saturated heterocycles. The van der Waals surface area contributed by atoms with Crippen molar-refractivity contribution in [3.8, 4) is 11.3 Å². The van der Waals surface area contributed by atoms with Crippen molar-refractivity contribution in [3.05, 3.63) is 41.4 Å². The SMILES string of the molecule is CNc1nccnc1-c1ccc(F)c(Cl)c1. The van der Waals surface area contributed by atoms with Crippen molar-refractivity contribution in [1.82, 2.24) is 9.97 Å². The number of halogens is 2. The Bertz CT molecular complexity index is 516. The molecule has 1 N–H and O–H groups in total. The Morgan fingerprint density at radius 3 is 2.69 bits per heavy atom. The van der Waals surface area contributed by atoms with Crippen molar-refractivity contribution in [2.45, 2.75) is 0 Å². The lowest BCUT2D eigenvalue weighted by molar-refractivity contribution is 0.628. The number of aromatic nitrogens is 2. The molecule has 5 heteroatoms. The first-order valence-electron chi connectivity index (χ1n) is 4.66. The third-order valence-corrected chi connectivity index (χ3v) is 2.42. The van der Waals surface area contributed by atoms with Gasteiger partial charge in [-0.25, -0.2) is 9.37 Å². The highest BCUT2D eigenvalue weighted by Crippen LogP contribution is 2.26. The van der Waals surface area contributed by atoms with Gasteiger partial charge in [-0.05, 0) is 18.2 Å². The number of hydrogen-bond donors (Lipinski definition) is 1. The summed E-state index contributed by atoms with van der Waals surface area (Å²) in [5.41, 5.74) is 1.37. The molecule has 0 bridgehead atoms. The van der Waals surface area contributed by atoms with Crippen LogP contribution in [0.25, 0.3) is 11.3 Å². The van der Waals surface area contributed by atoms with Gasteiger partial charge in [-0.15, -0.1) is 0 Å². The molecule has 2 aromatic rings. The van der Waals surface area contributed by atoms with Gasteiger partial charge in [0.25, 0.3) is 0 Å². The van der Waals surface area contributed by atoms with Crippen LogP contribution in [0.5, 0.6) is 0 Å². The number of anilines is 1. The monoisotopic (exact) mass is 237 g/mol. The lowest BCUT2D eigenvalue weighted by Crippen LogP contribution is -1.97. The predicted octanol–water partition coefficient (Wildman–Crippen LogP) is 2.98. The van der Waals surface area contributed by atoms with Gasteiger partial charge in [-0.1, -0.05) is 11.6 Å². The molecule has 0 spiro atoms. The average molecular weight is 238 g/mol. The van der Waals surface area contributed by atoms with Crippen LogP contribution in [-0.4, -0.2) is 17.0 Å². The highest BCUT2D eigenvalue weighted by atomic mass is 35.5. The van der Waals surface area contributed by atoms with Crippen LogP contribution in [0.2, 0.25) is 5.02 Å². The molecular weight excluding hydrogens is 229 g/mol. The Labute approximate surface area is 97.3 Å². The fourth-order valence-electron chi connectivity index (χ4n) is 1.38. The lowest BCUT2D eigenvalue weighted by Gasteiger charge is -2.06. The quantitative estimate of drug-likeness (QED) is 0.873. The number of nitrogens with one attached hydrogen (secondary N) is 1. The van der Waals surface area contributed by atoms with Crippen molar-refractivity contribution in [2.24, 2.45) is 0 Å². The molecule has 0 saturated carbocycles. The van der Waals surface area contributed by atoms with E-state index in [1.54, 1.807) is 25.5 Å². The number of hydrogen-bond acceptors (Lipinski definition) is 3. The van der Waals surface area contributed by atoms with Crippen LogP contribution in [0.15, 0.2) is 30.6 Å². The zero-order valence-corrected chi connectivity index (χ0v) is 9.29. The van der Waals surface area contributed by atoms with Gasteiger partial charge in [0, 0.05) is 25.0 Å². The van der Waals surface area contributed by atoms with Gasteiger partial charge < -0.3 is 5.32 Å². The van der Waals surface area contributed by atoms with Crippen LogP contribution in [0, 0.1) is 5.82 Å². The maximum absolute atomic E-state index is 13.0. The van der Waals surface area contributed by atoms with Gasteiger partial charge in [-0.2, -0.15) is 0 Å². The number of benzene rings is 1. The summed E-state index contributed by atoms with van der Waals surface area (Å²) in [4.78, 5) is 8.30. The smallest absolute Gasteiger partial charge is 0.152 e. The minimum Gasteiger partial charge on any atom is -0.371 e. The molecule has 3 nitrogen and oxygen atoms in total. The molecule has 0 aliphatic carbocycles. The zero-order valence-electron chi connectivity index (χ0n) is 8.54. The van der Waals surface area contributed by atoms with Crippen LogP contribution in [0.4, 0.5) is 10.2 Å². The summed E-state index contributed by atoms with van der Waals surface area (Å²) < 4.78 is 13.0. The lowest BCUT2D eigenvalue weighted by atomic mass is 10.1. The molecule has 0 amide bonds. The molecule has 0 unspecified atom stereocenters. The van der Waals surface area contributed by atoms with E-state index in [0.29, 0.717) is 11.5 Å². The molecule has 1 aromatic heterocycles. The standard InChI is InChI=1S/C11H9ClFN3/c1-14-11-10(15-4-5-16-11)7-2-3-9(13)8(12)6-7/h2-6H,1H3,(H,14,16). The van der Waals surface area contributed by atoms with Gasteiger partial charge in [-0.3, -0.25) is 4.98 Å². The van der Waals surface area contributed by atoms with E-state index < -0.39 is 5.82 Å². The number of rotatable bonds is 2. The van der Waals surface area contributed by atoms with Crippen LogP contribution in [-0.2, 0) is 0 Å². The molecule has 0 atom stereocenters. The molecular formula is C11H9ClFN3. The van der Waals surface area contributed by atoms with E-state index in [9.17, 15) is 4.39 Å². The van der Waals surface area contributed by atoms with Crippen molar-refractivity contribution >= 4 is 17.4 Å².